The number of nitrogens with one attached hydrogen (secondary N) is 5. The van der Waals surface area contributed by atoms with Gasteiger partial charge in [-0.3, -0.25) is 28.3 Å². The van der Waals surface area contributed by atoms with Crippen LogP contribution in [0.4, 0.5) is 19.9 Å². The number of ether oxygens (including phenoxy) is 5. The van der Waals surface area contributed by atoms with E-state index in [1.54, 1.807) is 20.5 Å². The summed E-state index contributed by atoms with van der Waals surface area (Å²) in [5.74, 6) is -3.89. The quantitative estimate of drug-likeness (QED) is 0.0186. The fourth-order valence-electron chi connectivity index (χ4n) is 17.5. The maximum atomic E-state index is 14.7. The second-order valence-corrected chi connectivity index (χ2v) is 41.4. The minimum Gasteiger partial charge on any atom is -0.488 e. The van der Waals surface area contributed by atoms with Crippen LogP contribution < -0.4 is 41.0 Å². The van der Waals surface area contributed by atoms with Gasteiger partial charge in [-0.15, -0.1) is 22.7 Å². The fraction of sp³-hybridized carbons (Fsp3) is 0.604. The van der Waals surface area contributed by atoms with E-state index >= 15 is 0 Å². The Kier molecular flexibility index (Phi) is 33.6. The zero-order valence-corrected chi connectivity index (χ0v) is 78.2. The van der Waals surface area contributed by atoms with E-state index in [-0.39, 0.29) is 81.2 Å². The zero-order valence-electron chi connectivity index (χ0n) is 74.8. The molecule has 7 N–H and O–H groups in total. The number of anilines is 2. The summed E-state index contributed by atoms with van der Waals surface area (Å²) in [4.78, 5) is 134. The summed E-state index contributed by atoms with van der Waals surface area (Å²) in [6.07, 6.45) is 19.9. The van der Waals surface area contributed by atoms with Crippen molar-refractivity contribution in [2.24, 2.45) is 11.8 Å². The number of carbonyl (C=O) groups excluding carboxylic acids is 6. The van der Waals surface area contributed by atoms with Crippen LogP contribution in [0, 0.1) is 25.7 Å². The Labute approximate surface area is 751 Å². The van der Waals surface area contributed by atoms with Gasteiger partial charge in [-0.2, -0.15) is 0 Å². The fourth-order valence-corrected chi connectivity index (χ4v) is 21.9. The summed E-state index contributed by atoms with van der Waals surface area (Å²) in [5.41, 5.74) is 3.04. The molecular formula is C91H126N12O20P2S2. The van der Waals surface area contributed by atoms with E-state index in [1.165, 1.54) is 39.6 Å². The van der Waals surface area contributed by atoms with Crippen LogP contribution in [-0.4, -0.2) is 225 Å². The topological polar surface area (TPSA) is 406 Å². The van der Waals surface area contributed by atoms with Gasteiger partial charge in [0.2, 0.25) is 31.0 Å². The number of allylic oxidation sites excluding steroid dienone is 2. The number of aryl methyl sites for hydroxylation is 2. The van der Waals surface area contributed by atoms with E-state index in [9.17, 15) is 57.7 Å². The van der Waals surface area contributed by atoms with Gasteiger partial charge in [-0.25, -0.2) is 39.1 Å². The molecule has 6 amide bonds. The number of hydrogen-bond donors (Lipinski definition) is 7. The second-order valence-electron chi connectivity index (χ2n) is 35.0. The minimum absolute atomic E-state index is 0.0222. The Bertz CT molecular complexity index is 5010. The van der Waals surface area contributed by atoms with Crippen LogP contribution in [0.1, 0.15) is 201 Å². The number of benzene rings is 2. The average Bonchev–Trinajstić information content (AvgIpc) is 1.56. The van der Waals surface area contributed by atoms with Crippen LogP contribution in [0.15, 0.2) is 83.6 Å². The molecule has 4 aliphatic carbocycles. The summed E-state index contributed by atoms with van der Waals surface area (Å²) in [6, 6.07) is 11.8. The van der Waals surface area contributed by atoms with Gasteiger partial charge in [0, 0.05) is 96.9 Å². The molecular weight excluding hydrogens is 1710 g/mol. The third-order valence-electron chi connectivity index (χ3n) is 24.3. The minimum atomic E-state index is -2.94. The molecule has 4 aliphatic heterocycles. The molecule has 4 saturated carbocycles. The lowest BCUT2D eigenvalue weighted by atomic mass is 10.0. The number of hydrogen-bond acceptors (Lipinski definition) is 26. The first kappa shape index (κ1) is 96.9. The lowest BCUT2D eigenvalue weighted by Crippen LogP contribution is -2.56. The summed E-state index contributed by atoms with van der Waals surface area (Å²) in [5, 5.41) is 42.2. The summed E-state index contributed by atoms with van der Waals surface area (Å²) >= 11 is 2.96. The smallest absolute Gasteiger partial charge is 0.408 e. The van der Waals surface area contributed by atoms with Gasteiger partial charge in [0.25, 0.3) is 0 Å². The molecule has 1 unspecified atom stereocenters. The van der Waals surface area contributed by atoms with Gasteiger partial charge in [0.15, 0.2) is 10.3 Å². The third kappa shape index (κ3) is 25.3. The number of nitrogens with zero attached hydrogens (tertiary/aromatic N) is 7. The average molecular weight is 1830 g/mol. The van der Waals surface area contributed by atoms with Crippen molar-refractivity contribution >= 4 is 117 Å². The molecule has 2 saturated heterocycles. The van der Waals surface area contributed by atoms with Crippen molar-refractivity contribution in [3.63, 3.8) is 0 Å². The van der Waals surface area contributed by atoms with E-state index in [2.05, 4.69) is 45.3 Å². The molecule has 4 aromatic heterocycles. The molecule has 6 fully saturated rings. The van der Waals surface area contributed by atoms with Crippen molar-refractivity contribution in [1.82, 2.24) is 51.0 Å². The summed E-state index contributed by atoms with van der Waals surface area (Å²) in [6.45, 7) is 20.9. The highest BCUT2D eigenvalue weighted by atomic mass is 32.1. The van der Waals surface area contributed by atoms with Gasteiger partial charge < -0.3 is 88.8 Å². The van der Waals surface area contributed by atoms with E-state index in [0.29, 0.717) is 98.0 Å². The van der Waals surface area contributed by atoms with E-state index < -0.39 is 110 Å². The van der Waals surface area contributed by atoms with Crippen LogP contribution in [0.2, 0.25) is 0 Å². The molecule has 127 heavy (non-hydrogen) atoms. The highest BCUT2D eigenvalue weighted by Gasteiger charge is 2.63. The summed E-state index contributed by atoms with van der Waals surface area (Å²) < 4.78 is 69.4. The standard InChI is InChI=1S/C45H61N6O9PS.C40H50N6O7S.C6H15O4P/c1-6-58-61(5,57)21-20-50(28(2)3)43-47-37(27-62-43)36-24-39(33-19-18-29(4)22-35(33)46-36)59-32-23-38-40(52)49-45(42(54)55)25-30(45)14-10-8-7-9-11-17-34(41(53)51(38)26-32)48-44(56)60-31-15-12-13-16-31;1-23(2)41-38-43-32(22-54-38)31-19-34(28-16-15-24(3)17-30(28)42-31)52-27-18-33-35(47)45-40(37(49)50)20-25(40)11-7-5-4-6-8-14-29(36(48)46(33)21-27)44-39(51)53-26-12-9-10-13-26;1-4-9-11(7,6-8-3)10-5-2/h10,14,18-19,22,24,27-28,30-32,34,38H,6-9,11-13,15-17,20-21,23,25-26H2,1-5H3,(H,48,56)(H,49,52)(H,54,55);7,11,15-17,19,22-23,25-27,29,33H,4-6,8-10,12-14,18,20-21H2,1-3H3,(H,41,43)(H,44,51)(H,45,47)(H,49,50);4-6H2,1-3H3/b14-10-;11-7-;/t30-,32-,34+,38+,45-,61?;25-,27-,29+,33+,40-;/m11./s1. The maximum Gasteiger partial charge on any atom is 0.408 e. The van der Waals surface area contributed by atoms with Crippen LogP contribution in [-0.2, 0) is 65.7 Å². The highest BCUT2D eigenvalue weighted by molar-refractivity contribution is 7.58. The predicted molar refractivity (Wildman–Crippen MR) is 487 cm³/mol. The van der Waals surface area contributed by atoms with Gasteiger partial charge in [-0.1, -0.05) is 62.1 Å². The number of carboxylic acids is 2. The first-order valence-corrected chi connectivity index (χ1v) is 50.8. The molecule has 2 aromatic carbocycles. The van der Waals surface area contributed by atoms with Gasteiger partial charge in [0.1, 0.15) is 88.9 Å². The normalized spacial score (nSPS) is 25.3. The number of amides is 6. The van der Waals surface area contributed by atoms with Crippen molar-refractivity contribution in [3.8, 4) is 34.3 Å². The molecule has 0 radical (unpaired) electrons. The first-order valence-electron chi connectivity index (χ1n) is 45.0. The lowest BCUT2D eigenvalue weighted by Gasteiger charge is -2.29. The number of thiazole rings is 2. The monoisotopic (exact) mass is 1830 g/mol. The maximum absolute atomic E-state index is 14.7. The van der Waals surface area contributed by atoms with Crippen LogP contribution >= 0.6 is 37.6 Å². The highest BCUT2D eigenvalue weighted by Crippen LogP contribution is 2.50. The number of alkyl carbamates (subject to hydrolysis) is 2. The van der Waals surface area contributed by atoms with Crippen LogP contribution in [0.5, 0.6) is 11.5 Å². The van der Waals surface area contributed by atoms with Crippen molar-refractivity contribution in [2.75, 3.05) is 76.0 Å². The molecule has 0 bridgehead atoms. The second kappa shape index (κ2) is 44.0. The number of carboxylic acid groups (broad SMARTS) is 2. The Balaban J connectivity index is 0.000000207. The number of aromatic nitrogens is 4. The van der Waals surface area contributed by atoms with Crippen LogP contribution in [0.3, 0.4) is 0 Å². The number of rotatable bonds is 27. The van der Waals surface area contributed by atoms with Gasteiger partial charge in [0.05, 0.1) is 55.3 Å². The zero-order chi connectivity index (χ0) is 90.9. The SMILES string of the molecule is CCOP(=O)(COC)OCC.CCOP(C)(=O)CCN(c1nc(-c2cc(O[C@@H]3C[C@H]4C(=O)N[C@]5(C(=O)O)C[C@H]5/C=C\CCCCC[C@H](NC(=O)OC5CCCC5)C(=O)N4C3)c3ccc(C)cc3n2)cs1)C(C)C.Cc1ccc2c(O[C@@H]3C[C@H]4C(=O)N[C@]5(C(=O)O)C[C@H]5/C=C\CCCCC[C@H](NC(=O)OC5CCCC5)C(=O)N4C3)cc(-c3csc(NC(C)C)n3)nc2c1. The van der Waals surface area contributed by atoms with E-state index in [4.69, 9.17) is 57.2 Å². The molecule has 8 aliphatic rings. The number of fused-ring (bicyclic) bond motifs is 6. The van der Waals surface area contributed by atoms with Crippen LogP contribution in [0.25, 0.3) is 44.6 Å². The number of pyridine rings is 2. The molecule has 32 nitrogen and oxygen atoms in total. The number of carbonyl (C=O) groups is 8. The molecule has 0 spiro atoms. The number of methoxy groups -OCH3 is 1. The van der Waals surface area contributed by atoms with E-state index in [1.807, 2.05) is 118 Å². The van der Waals surface area contributed by atoms with Crippen molar-refractivity contribution in [3.05, 3.63) is 94.7 Å². The molecule has 11 atom stereocenters. The van der Waals surface area contributed by atoms with E-state index in [0.717, 1.165) is 128 Å². The number of aliphatic carboxylic acids is 2. The molecule has 8 heterocycles. The predicted octanol–water partition coefficient (Wildman–Crippen LogP) is 15.9. The first-order chi connectivity index (χ1) is 60.8. The Morgan fingerprint density at radius 3 is 1.46 bits per heavy atom. The molecule has 692 valence electrons. The Hall–Kier alpha value is -9.14. The lowest BCUT2D eigenvalue weighted by molar-refractivity contribution is -0.146. The molecule has 36 heteroatoms. The van der Waals surface area contributed by atoms with Crippen molar-refractivity contribution < 1.29 is 95.0 Å². The van der Waals surface area contributed by atoms with Crippen molar-refractivity contribution in [2.45, 2.75) is 275 Å². The van der Waals surface area contributed by atoms with Gasteiger partial charge in [-0.05, 0) is 200 Å². The third-order valence-corrected chi connectivity index (χ3v) is 29.7. The molecule has 14 rings (SSSR count). The Morgan fingerprint density at radius 2 is 1.03 bits per heavy atom. The Morgan fingerprint density at radius 1 is 0.583 bits per heavy atom. The summed E-state index contributed by atoms with van der Waals surface area (Å²) in [7, 11) is -4.25. The van der Waals surface area contributed by atoms with Gasteiger partial charge >= 0.3 is 31.7 Å². The molecule has 6 aromatic rings. The largest absolute Gasteiger partial charge is 0.488 e. The van der Waals surface area contributed by atoms with Crippen molar-refractivity contribution in [1.29, 1.82) is 0 Å².